The van der Waals surface area contributed by atoms with E-state index in [-0.39, 0.29) is 12.0 Å². The highest BCUT2D eigenvalue weighted by Crippen LogP contribution is 2.28. The number of hydrogen-bond donors (Lipinski definition) is 2. The second-order valence-electron chi connectivity index (χ2n) is 5.23. The topological polar surface area (TPSA) is 73.1 Å². The molecule has 6 heteroatoms. The SMILES string of the molecule is C[C@@H]1COC[C@@H](c2cc(Cl)cc(-c3ccnc(N)n3)c2)N1. The summed E-state index contributed by atoms with van der Waals surface area (Å²) in [6.45, 7) is 3.46. The summed E-state index contributed by atoms with van der Waals surface area (Å²) in [6.07, 6.45) is 1.64. The van der Waals surface area contributed by atoms with Crippen molar-refractivity contribution in [2.75, 3.05) is 18.9 Å². The lowest BCUT2D eigenvalue weighted by Gasteiger charge is -2.29. The van der Waals surface area contributed by atoms with Crippen molar-refractivity contribution in [3.8, 4) is 11.3 Å². The maximum Gasteiger partial charge on any atom is 0.220 e. The zero-order valence-corrected chi connectivity index (χ0v) is 12.5. The van der Waals surface area contributed by atoms with Crippen LogP contribution in [0.5, 0.6) is 0 Å². The standard InChI is InChI=1S/C15H17ClN4O/c1-9-7-21-8-14(19-9)11-4-10(5-12(16)6-11)13-2-3-18-15(17)20-13/h2-6,9,14,19H,7-8H2,1H3,(H2,17,18,20)/t9-,14+/m1/s1. The third-order valence-corrected chi connectivity index (χ3v) is 3.65. The molecule has 1 aliphatic heterocycles. The Morgan fingerprint density at radius 2 is 2.19 bits per heavy atom. The first-order chi connectivity index (χ1) is 10.1. The zero-order valence-electron chi connectivity index (χ0n) is 11.7. The molecule has 1 aromatic carbocycles. The van der Waals surface area contributed by atoms with Gasteiger partial charge in [-0.05, 0) is 36.8 Å². The summed E-state index contributed by atoms with van der Waals surface area (Å²) < 4.78 is 5.60. The van der Waals surface area contributed by atoms with Gasteiger partial charge in [-0.1, -0.05) is 11.6 Å². The molecule has 0 saturated carbocycles. The van der Waals surface area contributed by atoms with Crippen molar-refractivity contribution < 1.29 is 4.74 Å². The number of hydrogen-bond acceptors (Lipinski definition) is 5. The predicted octanol–water partition coefficient (Wildman–Crippen LogP) is 2.43. The van der Waals surface area contributed by atoms with Gasteiger partial charge in [0.25, 0.3) is 0 Å². The Labute approximate surface area is 128 Å². The van der Waals surface area contributed by atoms with E-state index in [2.05, 4.69) is 28.3 Å². The number of nitrogens with zero attached hydrogens (tertiary/aromatic N) is 2. The molecule has 0 radical (unpaired) electrons. The highest BCUT2D eigenvalue weighted by atomic mass is 35.5. The van der Waals surface area contributed by atoms with Gasteiger partial charge in [0.1, 0.15) is 0 Å². The van der Waals surface area contributed by atoms with Crippen molar-refractivity contribution in [1.29, 1.82) is 0 Å². The van der Waals surface area contributed by atoms with Gasteiger partial charge in [0.2, 0.25) is 5.95 Å². The molecule has 0 spiro atoms. The Balaban J connectivity index is 1.96. The fourth-order valence-electron chi connectivity index (χ4n) is 2.49. The van der Waals surface area contributed by atoms with Gasteiger partial charge in [-0.2, -0.15) is 0 Å². The van der Waals surface area contributed by atoms with Gasteiger partial charge in [-0.15, -0.1) is 0 Å². The number of ether oxygens (including phenoxy) is 1. The van der Waals surface area contributed by atoms with E-state index < -0.39 is 0 Å². The fraction of sp³-hybridized carbons (Fsp3) is 0.333. The summed E-state index contributed by atoms with van der Waals surface area (Å²) >= 11 is 6.25. The molecule has 2 heterocycles. The van der Waals surface area contributed by atoms with Crippen molar-refractivity contribution in [2.45, 2.75) is 19.0 Å². The highest BCUT2D eigenvalue weighted by Gasteiger charge is 2.20. The Morgan fingerprint density at radius 3 is 2.95 bits per heavy atom. The van der Waals surface area contributed by atoms with Gasteiger partial charge >= 0.3 is 0 Å². The monoisotopic (exact) mass is 304 g/mol. The first-order valence-corrected chi connectivity index (χ1v) is 7.23. The van der Waals surface area contributed by atoms with Crippen molar-refractivity contribution in [3.63, 3.8) is 0 Å². The molecule has 3 rings (SSSR count). The number of morpholine rings is 1. The maximum atomic E-state index is 6.25. The van der Waals surface area contributed by atoms with Crippen LogP contribution < -0.4 is 11.1 Å². The van der Waals surface area contributed by atoms with Gasteiger partial charge < -0.3 is 15.8 Å². The molecular weight excluding hydrogens is 288 g/mol. The molecule has 0 amide bonds. The number of rotatable bonds is 2. The number of halogens is 1. The predicted molar refractivity (Wildman–Crippen MR) is 83.0 cm³/mol. The molecule has 1 aromatic heterocycles. The smallest absolute Gasteiger partial charge is 0.220 e. The molecule has 2 aromatic rings. The van der Waals surface area contributed by atoms with E-state index in [1.165, 1.54) is 0 Å². The Hall–Kier alpha value is -1.69. The molecule has 3 N–H and O–H groups in total. The average Bonchev–Trinajstić information content (AvgIpc) is 2.46. The summed E-state index contributed by atoms with van der Waals surface area (Å²) in [5.41, 5.74) is 8.41. The first kappa shape index (κ1) is 14.3. The molecule has 1 fully saturated rings. The van der Waals surface area contributed by atoms with Gasteiger partial charge in [-0.25, -0.2) is 9.97 Å². The lowest BCUT2D eigenvalue weighted by molar-refractivity contribution is 0.0504. The van der Waals surface area contributed by atoms with Crippen LogP contribution in [0.1, 0.15) is 18.5 Å². The Morgan fingerprint density at radius 1 is 1.33 bits per heavy atom. The van der Waals surface area contributed by atoms with Crippen LogP contribution in [0.2, 0.25) is 5.02 Å². The lowest BCUT2D eigenvalue weighted by atomic mass is 10.0. The van der Waals surface area contributed by atoms with Gasteiger partial charge in [0.15, 0.2) is 0 Å². The van der Waals surface area contributed by atoms with E-state index in [1.807, 2.05) is 18.2 Å². The number of nitrogens with two attached hydrogens (primary N) is 1. The second-order valence-corrected chi connectivity index (χ2v) is 5.67. The van der Waals surface area contributed by atoms with E-state index >= 15 is 0 Å². The summed E-state index contributed by atoms with van der Waals surface area (Å²) in [7, 11) is 0. The van der Waals surface area contributed by atoms with E-state index in [0.29, 0.717) is 17.7 Å². The fourth-order valence-corrected chi connectivity index (χ4v) is 2.73. The molecule has 0 unspecified atom stereocenters. The van der Waals surface area contributed by atoms with Crippen LogP contribution in [-0.2, 0) is 4.74 Å². The van der Waals surface area contributed by atoms with Crippen LogP contribution in [0.4, 0.5) is 5.95 Å². The van der Waals surface area contributed by atoms with Gasteiger partial charge in [0, 0.05) is 22.8 Å². The summed E-state index contributed by atoms with van der Waals surface area (Å²) in [4.78, 5) is 8.15. The van der Waals surface area contributed by atoms with Crippen LogP contribution in [0.3, 0.4) is 0 Å². The van der Waals surface area contributed by atoms with Crippen LogP contribution in [0.25, 0.3) is 11.3 Å². The average molecular weight is 305 g/mol. The minimum Gasteiger partial charge on any atom is -0.378 e. The molecule has 110 valence electrons. The molecule has 5 nitrogen and oxygen atoms in total. The molecule has 0 bridgehead atoms. The number of benzene rings is 1. The molecule has 2 atom stereocenters. The molecule has 0 aliphatic carbocycles. The van der Waals surface area contributed by atoms with Gasteiger partial charge in [-0.3, -0.25) is 0 Å². The third-order valence-electron chi connectivity index (χ3n) is 3.43. The lowest BCUT2D eigenvalue weighted by Crippen LogP contribution is -2.41. The van der Waals surface area contributed by atoms with Crippen molar-refractivity contribution in [2.24, 2.45) is 0 Å². The first-order valence-electron chi connectivity index (χ1n) is 6.85. The Bertz CT molecular complexity index is 649. The number of aromatic nitrogens is 2. The Kier molecular flexibility index (Phi) is 4.05. The normalized spacial score (nSPS) is 22.2. The summed E-state index contributed by atoms with van der Waals surface area (Å²) in [6, 6.07) is 8.16. The van der Waals surface area contributed by atoms with E-state index in [9.17, 15) is 0 Å². The van der Waals surface area contributed by atoms with E-state index in [4.69, 9.17) is 22.1 Å². The van der Waals surface area contributed by atoms with E-state index in [0.717, 1.165) is 23.4 Å². The van der Waals surface area contributed by atoms with Crippen molar-refractivity contribution in [1.82, 2.24) is 15.3 Å². The number of nitrogens with one attached hydrogen (secondary N) is 1. The summed E-state index contributed by atoms with van der Waals surface area (Å²) in [5.74, 6) is 0.252. The molecule has 21 heavy (non-hydrogen) atoms. The molecular formula is C15H17ClN4O. The van der Waals surface area contributed by atoms with Crippen LogP contribution in [-0.4, -0.2) is 29.2 Å². The largest absolute Gasteiger partial charge is 0.378 e. The van der Waals surface area contributed by atoms with Crippen LogP contribution >= 0.6 is 11.6 Å². The van der Waals surface area contributed by atoms with Crippen LogP contribution in [0.15, 0.2) is 30.5 Å². The quantitative estimate of drug-likeness (QED) is 0.891. The summed E-state index contributed by atoms with van der Waals surface area (Å²) in [5, 5.41) is 4.18. The van der Waals surface area contributed by atoms with E-state index in [1.54, 1.807) is 6.20 Å². The zero-order chi connectivity index (χ0) is 14.8. The highest BCUT2D eigenvalue weighted by molar-refractivity contribution is 6.31. The number of anilines is 1. The van der Waals surface area contributed by atoms with Crippen LogP contribution in [0, 0.1) is 0 Å². The maximum absolute atomic E-state index is 6.25. The molecule has 1 saturated heterocycles. The third kappa shape index (κ3) is 3.32. The minimum absolute atomic E-state index is 0.130. The van der Waals surface area contributed by atoms with Crippen molar-refractivity contribution in [3.05, 3.63) is 41.0 Å². The number of nitrogen functional groups attached to an aromatic ring is 1. The second kappa shape index (κ2) is 5.97. The molecule has 1 aliphatic rings. The van der Waals surface area contributed by atoms with Crippen molar-refractivity contribution >= 4 is 17.5 Å². The minimum atomic E-state index is 0.130. The van der Waals surface area contributed by atoms with Gasteiger partial charge in [0.05, 0.1) is 24.9 Å².